The minimum absolute atomic E-state index is 0.0437. The summed E-state index contributed by atoms with van der Waals surface area (Å²) < 4.78 is 18.5. The van der Waals surface area contributed by atoms with Crippen LogP contribution in [0, 0.1) is 15.9 Å². The molecule has 3 aromatic rings. The number of hydrogen-bond donors (Lipinski definition) is 0. The van der Waals surface area contributed by atoms with Crippen LogP contribution in [0.5, 0.6) is 0 Å². The van der Waals surface area contributed by atoms with Crippen molar-refractivity contribution in [3.63, 3.8) is 0 Å². The van der Waals surface area contributed by atoms with E-state index in [0.717, 1.165) is 10.4 Å². The molecule has 1 aromatic heterocycles. The Balaban J connectivity index is 1.73. The van der Waals surface area contributed by atoms with E-state index in [9.17, 15) is 24.1 Å². The number of hydrogen-bond acceptors (Lipinski definition) is 6. The summed E-state index contributed by atoms with van der Waals surface area (Å²) >= 11 is 1.52. The molecule has 0 unspecified atom stereocenters. The van der Waals surface area contributed by atoms with Gasteiger partial charge in [-0.3, -0.25) is 19.7 Å². The Morgan fingerprint density at radius 2 is 1.78 bits per heavy atom. The summed E-state index contributed by atoms with van der Waals surface area (Å²) in [6.07, 6.45) is 2.87. The third kappa shape index (κ3) is 8.10. The van der Waals surface area contributed by atoms with Crippen LogP contribution in [0.4, 0.5) is 10.1 Å². The summed E-state index contributed by atoms with van der Waals surface area (Å²) in [5.74, 6) is -1.01. The number of ether oxygens (including phenoxy) is 1. The zero-order chi connectivity index (χ0) is 25.9. The second kappa shape index (κ2) is 13.3. The number of halogens is 1. The average Bonchev–Trinajstić information content (AvgIpc) is 3.39. The van der Waals surface area contributed by atoms with Crippen molar-refractivity contribution in [3.8, 4) is 0 Å². The maximum Gasteiger partial charge on any atom is 0.269 e. The van der Waals surface area contributed by atoms with Gasteiger partial charge in [-0.1, -0.05) is 18.2 Å². The maximum absolute atomic E-state index is 13.3. The SMILES string of the molecule is COCCN(CC(=O)N(Cc1ccc(F)cc1)Cc1cccs1)C(=O)/C=C/c1ccc([N+](=O)[O-])cc1. The molecule has 2 amide bonds. The Morgan fingerprint density at radius 3 is 2.39 bits per heavy atom. The molecular formula is C26H26FN3O5S. The lowest BCUT2D eigenvalue weighted by molar-refractivity contribution is -0.384. The zero-order valence-corrected chi connectivity index (χ0v) is 20.5. The van der Waals surface area contributed by atoms with Gasteiger partial charge in [0.05, 0.1) is 18.1 Å². The Bertz CT molecular complexity index is 1180. The number of rotatable bonds is 12. The minimum Gasteiger partial charge on any atom is -0.383 e. The molecule has 36 heavy (non-hydrogen) atoms. The van der Waals surface area contributed by atoms with Crippen molar-refractivity contribution in [2.24, 2.45) is 0 Å². The Morgan fingerprint density at radius 1 is 1.06 bits per heavy atom. The molecule has 0 N–H and O–H groups in total. The van der Waals surface area contributed by atoms with Gasteiger partial charge in [-0.2, -0.15) is 0 Å². The lowest BCUT2D eigenvalue weighted by Gasteiger charge is -2.27. The van der Waals surface area contributed by atoms with Gasteiger partial charge in [0, 0.05) is 43.3 Å². The van der Waals surface area contributed by atoms with Crippen LogP contribution in [0.15, 0.2) is 72.1 Å². The van der Waals surface area contributed by atoms with E-state index in [1.165, 1.54) is 71.9 Å². The van der Waals surface area contributed by atoms with Gasteiger partial charge in [0.1, 0.15) is 12.4 Å². The second-order valence-electron chi connectivity index (χ2n) is 7.89. The fraction of sp³-hybridized carbons (Fsp3) is 0.231. The molecular weight excluding hydrogens is 485 g/mol. The van der Waals surface area contributed by atoms with Crippen LogP contribution in [0.2, 0.25) is 0 Å². The number of benzene rings is 2. The average molecular weight is 512 g/mol. The first-order valence-electron chi connectivity index (χ1n) is 11.1. The summed E-state index contributed by atoms with van der Waals surface area (Å²) in [4.78, 5) is 40.6. The van der Waals surface area contributed by atoms with Crippen LogP contribution in [0.1, 0.15) is 16.0 Å². The predicted octanol–water partition coefficient (Wildman–Crippen LogP) is 4.51. The number of carbonyl (C=O) groups is 2. The first-order valence-corrected chi connectivity index (χ1v) is 12.0. The number of thiophene rings is 1. The third-order valence-corrected chi connectivity index (χ3v) is 6.15. The standard InChI is InChI=1S/C26H26FN3O5S/c1-35-15-14-28(25(31)13-8-20-6-11-23(12-7-20)30(33)34)19-26(32)29(18-24-3-2-16-36-24)17-21-4-9-22(27)10-5-21/h2-13,16H,14-15,17-19H2,1H3/b13-8+. The highest BCUT2D eigenvalue weighted by atomic mass is 32.1. The zero-order valence-electron chi connectivity index (χ0n) is 19.7. The molecule has 188 valence electrons. The van der Waals surface area contributed by atoms with Crippen LogP contribution in [0.3, 0.4) is 0 Å². The summed E-state index contributed by atoms with van der Waals surface area (Å²) in [6, 6.07) is 15.6. The van der Waals surface area contributed by atoms with Gasteiger partial charge in [-0.05, 0) is 52.9 Å². The molecule has 3 rings (SSSR count). The fourth-order valence-corrected chi connectivity index (χ4v) is 4.06. The minimum atomic E-state index is -0.495. The Labute approximate surface area is 212 Å². The highest BCUT2D eigenvalue weighted by Gasteiger charge is 2.21. The van der Waals surface area contributed by atoms with E-state index in [0.29, 0.717) is 12.1 Å². The van der Waals surface area contributed by atoms with Crippen LogP contribution < -0.4 is 0 Å². The van der Waals surface area contributed by atoms with E-state index >= 15 is 0 Å². The number of nitrogens with zero attached hydrogens (tertiary/aromatic N) is 3. The van der Waals surface area contributed by atoms with E-state index in [4.69, 9.17) is 4.74 Å². The molecule has 0 atom stereocenters. The Hall–Kier alpha value is -3.89. The highest BCUT2D eigenvalue weighted by Crippen LogP contribution is 2.16. The van der Waals surface area contributed by atoms with Crippen LogP contribution >= 0.6 is 11.3 Å². The molecule has 2 aromatic carbocycles. The lowest BCUT2D eigenvalue weighted by atomic mass is 10.2. The van der Waals surface area contributed by atoms with E-state index in [1.807, 2.05) is 17.5 Å². The normalized spacial score (nSPS) is 10.9. The first kappa shape index (κ1) is 26.7. The molecule has 0 saturated heterocycles. The monoisotopic (exact) mass is 511 g/mol. The molecule has 1 heterocycles. The Kier molecular flexibility index (Phi) is 9.84. The summed E-state index contributed by atoms with van der Waals surface area (Å²) in [6.45, 7) is 0.905. The highest BCUT2D eigenvalue weighted by molar-refractivity contribution is 7.09. The van der Waals surface area contributed by atoms with Gasteiger partial charge in [0.15, 0.2) is 0 Å². The molecule has 0 aliphatic carbocycles. The van der Waals surface area contributed by atoms with Crippen molar-refractivity contribution >= 4 is 34.9 Å². The van der Waals surface area contributed by atoms with Gasteiger partial charge in [0.2, 0.25) is 11.8 Å². The number of methoxy groups -OCH3 is 1. The molecule has 0 fully saturated rings. The number of non-ortho nitro benzene ring substituents is 1. The van der Waals surface area contributed by atoms with Gasteiger partial charge in [-0.25, -0.2) is 4.39 Å². The van der Waals surface area contributed by atoms with Crippen molar-refractivity contribution < 1.29 is 23.6 Å². The quantitative estimate of drug-likeness (QED) is 0.203. The summed E-state index contributed by atoms with van der Waals surface area (Å²) in [5.41, 5.74) is 1.34. The van der Waals surface area contributed by atoms with Gasteiger partial charge in [-0.15, -0.1) is 11.3 Å². The van der Waals surface area contributed by atoms with Gasteiger partial charge < -0.3 is 14.5 Å². The molecule has 0 bridgehead atoms. The van der Waals surface area contributed by atoms with Gasteiger partial charge >= 0.3 is 0 Å². The smallest absolute Gasteiger partial charge is 0.269 e. The third-order valence-electron chi connectivity index (χ3n) is 5.29. The molecule has 0 aliphatic rings. The summed E-state index contributed by atoms with van der Waals surface area (Å²) in [7, 11) is 1.51. The van der Waals surface area contributed by atoms with E-state index in [2.05, 4.69) is 0 Å². The molecule has 10 heteroatoms. The van der Waals surface area contributed by atoms with Crippen molar-refractivity contribution in [2.75, 3.05) is 26.8 Å². The summed E-state index contributed by atoms with van der Waals surface area (Å²) in [5, 5.41) is 12.7. The number of amides is 2. The van der Waals surface area contributed by atoms with Crippen LogP contribution in [0.25, 0.3) is 6.08 Å². The van der Waals surface area contributed by atoms with Crippen LogP contribution in [-0.4, -0.2) is 53.3 Å². The van der Waals surface area contributed by atoms with E-state index < -0.39 is 10.8 Å². The van der Waals surface area contributed by atoms with Crippen LogP contribution in [-0.2, 0) is 27.4 Å². The number of nitro groups is 1. The number of carbonyl (C=O) groups excluding carboxylic acids is 2. The molecule has 0 saturated carbocycles. The second-order valence-corrected chi connectivity index (χ2v) is 8.92. The van der Waals surface area contributed by atoms with Crippen molar-refractivity contribution in [1.29, 1.82) is 0 Å². The maximum atomic E-state index is 13.3. The molecule has 0 spiro atoms. The fourth-order valence-electron chi connectivity index (χ4n) is 3.35. The molecule has 0 aliphatic heterocycles. The molecule has 8 nitrogen and oxygen atoms in total. The number of nitro benzene ring substituents is 1. The van der Waals surface area contributed by atoms with Crippen molar-refractivity contribution in [2.45, 2.75) is 13.1 Å². The van der Waals surface area contributed by atoms with Gasteiger partial charge in [0.25, 0.3) is 5.69 Å². The molecule has 0 radical (unpaired) electrons. The predicted molar refractivity (Wildman–Crippen MR) is 136 cm³/mol. The topological polar surface area (TPSA) is 93.0 Å². The van der Waals surface area contributed by atoms with Crippen molar-refractivity contribution in [3.05, 3.63) is 104 Å². The lowest BCUT2D eigenvalue weighted by Crippen LogP contribution is -2.43. The largest absolute Gasteiger partial charge is 0.383 e. The van der Waals surface area contributed by atoms with E-state index in [1.54, 1.807) is 17.0 Å². The first-order chi connectivity index (χ1) is 17.4. The van der Waals surface area contributed by atoms with Crippen molar-refractivity contribution in [1.82, 2.24) is 9.80 Å². The van der Waals surface area contributed by atoms with E-state index in [-0.39, 0.29) is 43.7 Å².